The van der Waals surface area contributed by atoms with Gasteiger partial charge in [-0.15, -0.1) is 0 Å². The lowest BCUT2D eigenvalue weighted by Gasteiger charge is -2.39. The third-order valence-corrected chi connectivity index (χ3v) is 6.07. The number of carbonyl (C=O) groups excluding carboxylic acids is 1. The van der Waals surface area contributed by atoms with Crippen LogP contribution in [-0.4, -0.2) is 43.2 Å². The lowest BCUT2D eigenvalue weighted by atomic mass is 9.92. The number of nitrogens with one attached hydrogen (secondary N) is 1. The maximum absolute atomic E-state index is 13.7. The molecular formula is C25H31N3O3S. The molecule has 0 aliphatic carbocycles. The molecule has 1 amide bonds. The lowest BCUT2D eigenvalue weighted by molar-refractivity contribution is -0.127. The number of aryl methyl sites for hydroxylation is 1. The van der Waals surface area contributed by atoms with E-state index < -0.39 is 6.04 Å². The minimum atomic E-state index is -0.471. The van der Waals surface area contributed by atoms with E-state index in [-0.39, 0.29) is 5.91 Å². The summed E-state index contributed by atoms with van der Waals surface area (Å²) in [6.45, 7) is 9.18. The monoisotopic (exact) mass is 453 g/mol. The first-order valence-electron chi connectivity index (χ1n) is 10.8. The minimum Gasteiger partial charge on any atom is -0.493 e. The molecule has 0 fully saturated rings. The molecule has 7 heteroatoms. The first-order chi connectivity index (χ1) is 15.4. The summed E-state index contributed by atoms with van der Waals surface area (Å²) in [4.78, 5) is 17.5. The maximum atomic E-state index is 13.7. The van der Waals surface area contributed by atoms with Crippen molar-refractivity contribution in [2.45, 2.75) is 33.7 Å². The maximum Gasteiger partial charge on any atom is 0.253 e. The molecule has 170 valence electrons. The van der Waals surface area contributed by atoms with Gasteiger partial charge in [0.25, 0.3) is 5.91 Å². The van der Waals surface area contributed by atoms with E-state index in [1.165, 1.54) is 0 Å². The minimum absolute atomic E-state index is 0.0324. The fourth-order valence-corrected chi connectivity index (χ4v) is 4.51. The molecule has 0 unspecified atom stereocenters. The number of allylic oxidation sites excluding steroid dienone is 1. The van der Waals surface area contributed by atoms with Crippen LogP contribution in [0.1, 0.15) is 37.9 Å². The average Bonchev–Trinajstić information content (AvgIpc) is 2.78. The van der Waals surface area contributed by atoms with Crippen molar-refractivity contribution in [2.24, 2.45) is 0 Å². The van der Waals surface area contributed by atoms with Crippen LogP contribution >= 0.6 is 12.2 Å². The van der Waals surface area contributed by atoms with Crippen LogP contribution in [0, 0.1) is 6.92 Å². The number of hydrogen-bond acceptors (Lipinski definition) is 4. The molecular weight excluding hydrogens is 422 g/mol. The standard InChI is InChI=1S/C25H31N3O3S/c1-7-27(8-2)24(29)21-17(4)28(18-12-9-11-16(3)15-18)25(32)26-22(21)19-13-10-14-20(30-5)23(19)31-6/h9-15,22H,7-8H2,1-6H3,(H,26,32)/t22-/m0/s1. The molecule has 1 N–H and O–H groups in total. The van der Waals surface area contributed by atoms with Crippen molar-refractivity contribution in [3.63, 3.8) is 0 Å². The number of para-hydroxylation sites is 1. The van der Waals surface area contributed by atoms with E-state index in [0.29, 0.717) is 35.3 Å². The van der Waals surface area contributed by atoms with Gasteiger partial charge in [-0.1, -0.05) is 24.3 Å². The van der Waals surface area contributed by atoms with Crippen LogP contribution < -0.4 is 19.7 Å². The Kier molecular flexibility index (Phi) is 7.40. The van der Waals surface area contributed by atoms with Crippen molar-refractivity contribution >= 4 is 28.9 Å². The summed E-state index contributed by atoms with van der Waals surface area (Å²) in [6, 6.07) is 13.3. The van der Waals surface area contributed by atoms with E-state index in [4.69, 9.17) is 21.7 Å². The summed E-state index contributed by atoms with van der Waals surface area (Å²) in [7, 11) is 3.20. The summed E-state index contributed by atoms with van der Waals surface area (Å²) >= 11 is 5.79. The van der Waals surface area contributed by atoms with Crippen molar-refractivity contribution in [3.05, 3.63) is 64.9 Å². The zero-order chi connectivity index (χ0) is 23.4. The number of benzene rings is 2. The van der Waals surface area contributed by atoms with E-state index in [1.807, 2.05) is 73.9 Å². The Labute approximate surface area is 195 Å². The van der Waals surface area contributed by atoms with Gasteiger partial charge in [0.1, 0.15) is 0 Å². The Morgan fingerprint density at radius 2 is 1.78 bits per heavy atom. The van der Waals surface area contributed by atoms with Gasteiger partial charge in [-0.25, -0.2) is 0 Å². The second-order valence-electron chi connectivity index (χ2n) is 7.62. The van der Waals surface area contributed by atoms with Gasteiger partial charge < -0.3 is 19.7 Å². The van der Waals surface area contributed by atoms with Gasteiger partial charge >= 0.3 is 0 Å². The SMILES string of the molecule is CCN(CC)C(=O)C1=C(C)N(c2cccc(C)c2)C(=S)N[C@H]1c1cccc(OC)c1OC. The van der Waals surface area contributed by atoms with Crippen LogP contribution in [0.25, 0.3) is 0 Å². The Balaban J connectivity index is 2.24. The number of amides is 1. The zero-order valence-corrected chi connectivity index (χ0v) is 20.4. The first-order valence-corrected chi connectivity index (χ1v) is 11.2. The predicted molar refractivity (Wildman–Crippen MR) is 132 cm³/mol. The van der Waals surface area contributed by atoms with Gasteiger partial charge in [-0.3, -0.25) is 9.69 Å². The van der Waals surface area contributed by atoms with Gasteiger partial charge in [-0.05, 0) is 63.7 Å². The second-order valence-corrected chi connectivity index (χ2v) is 8.00. The first kappa shape index (κ1) is 23.6. The van der Waals surface area contributed by atoms with Crippen LogP contribution in [0.3, 0.4) is 0 Å². The van der Waals surface area contributed by atoms with Crippen molar-refractivity contribution in [3.8, 4) is 11.5 Å². The number of nitrogens with zero attached hydrogens (tertiary/aromatic N) is 2. The molecule has 1 atom stereocenters. The fraction of sp³-hybridized carbons (Fsp3) is 0.360. The van der Waals surface area contributed by atoms with Crippen LogP contribution in [0.2, 0.25) is 0 Å². The largest absolute Gasteiger partial charge is 0.493 e. The molecule has 3 rings (SSSR count). The van der Waals surface area contributed by atoms with Crippen LogP contribution in [0.5, 0.6) is 11.5 Å². The molecule has 1 aliphatic rings. The number of rotatable bonds is 7. The highest BCUT2D eigenvalue weighted by Crippen LogP contribution is 2.41. The number of thiocarbonyl (C=S) groups is 1. The molecule has 0 saturated heterocycles. The highest BCUT2D eigenvalue weighted by molar-refractivity contribution is 7.80. The number of carbonyl (C=O) groups is 1. The molecule has 0 bridgehead atoms. The normalized spacial score (nSPS) is 16.0. The van der Waals surface area contributed by atoms with Gasteiger partial charge in [0.05, 0.1) is 25.8 Å². The zero-order valence-electron chi connectivity index (χ0n) is 19.6. The molecule has 0 aromatic heterocycles. The fourth-order valence-electron chi connectivity index (χ4n) is 4.15. The van der Waals surface area contributed by atoms with Crippen LogP contribution in [-0.2, 0) is 4.79 Å². The Morgan fingerprint density at radius 3 is 2.38 bits per heavy atom. The molecule has 1 heterocycles. The highest BCUT2D eigenvalue weighted by atomic mass is 32.1. The predicted octanol–water partition coefficient (Wildman–Crippen LogP) is 4.59. The summed E-state index contributed by atoms with van der Waals surface area (Å²) in [5.74, 6) is 1.15. The molecule has 2 aromatic rings. The summed E-state index contributed by atoms with van der Waals surface area (Å²) < 4.78 is 11.2. The van der Waals surface area contributed by atoms with E-state index >= 15 is 0 Å². The van der Waals surface area contributed by atoms with Crippen molar-refractivity contribution in [1.29, 1.82) is 0 Å². The summed E-state index contributed by atoms with van der Waals surface area (Å²) in [5, 5.41) is 3.93. The third kappa shape index (κ3) is 4.30. The molecule has 1 aliphatic heterocycles. The summed E-state index contributed by atoms with van der Waals surface area (Å²) in [5.41, 5.74) is 4.27. The topological polar surface area (TPSA) is 54.0 Å². The number of methoxy groups -OCH3 is 2. The molecule has 2 aromatic carbocycles. The Bertz CT molecular complexity index is 1050. The van der Waals surface area contributed by atoms with E-state index in [9.17, 15) is 4.79 Å². The van der Waals surface area contributed by atoms with Gasteiger partial charge in [0.15, 0.2) is 16.6 Å². The van der Waals surface area contributed by atoms with E-state index in [2.05, 4.69) is 11.4 Å². The molecule has 6 nitrogen and oxygen atoms in total. The van der Waals surface area contributed by atoms with Crippen molar-refractivity contribution < 1.29 is 14.3 Å². The number of hydrogen-bond donors (Lipinski definition) is 1. The van der Waals surface area contributed by atoms with Gasteiger partial charge in [-0.2, -0.15) is 0 Å². The molecule has 32 heavy (non-hydrogen) atoms. The van der Waals surface area contributed by atoms with Gasteiger partial charge in [0.2, 0.25) is 0 Å². The third-order valence-electron chi connectivity index (χ3n) is 5.77. The molecule has 0 radical (unpaired) electrons. The van der Waals surface area contributed by atoms with Crippen molar-refractivity contribution in [2.75, 3.05) is 32.2 Å². The number of likely N-dealkylation sites (N-methyl/N-ethyl adjacent to an activating group) is 1. The van der Waals surface area contributed by atoms with E-state index in [0.717, 1.165) is 22.5 Å². The Morgan fingerprint density at radius 1 is 1.09 bits per heavy atom. The van der Waals surface area contributed by atoms with Crippen molar-refractivity contribution in [1.82, 2.24) is 10.2 Å². The average molecular weight is 454 g/mol. The smallest absolute Gasteiger partial charge is 0.253 e. The molecule has 0 spiro atoms. The lowest BCUT2D eigenvalue weighted by Crippen LogP contribution is -2.50. The highest BCUT2D eigenvalue weighted by Gasteiger charge is 2.37. The number of ether oxygens (including phenoxy) is 2. The van der Waals surface area contributed by atoms with E-state index in [1.54, 1.807) is 14.2 Å². The summed E-state index contributed by atoms with van der Waals surface area (Å²) in [6.07, 6.45) is 0. The Hall–Kier alpha value is -3.06. The van der Waals surface area contributed by atoms with Crippen LogP contribution in [0.4, 0.5) is 5.69 Å². The number of anilines is 1. The molecule has 0 saturated carbocycles. The van der Waals surface area contributed by atoms with Gasteiger partial charge in [0, 0.05) is 30.0 Å². The quantitative estimate of drug-likeness (QED) is 0.619. The van der Waals surface area contributed by atoms with Crippen LogP contribution in [0.15, 0.2) is 53.7 Å². The second kappa shape index (κ2) is 10.0.